The van der Waals surface area contributed by atoms with E-state index in [9.17, 15) is 9.59 Å². The SMILES string of the molecule is CCNc1cc(NC2CC(=O)N(C)C2=O)nc(SC)n1. The van der Waals surface area contributed by atoms with Crippen LogP contribution in [-0.4, -0.2) is 52.6 Å². The topological polar surface area (TPSA) is 87.2 Å². The summed E-state index contributed by atoms with van der Waals surface area (Å²) in [5.41, 5.74) is 0. The number of likely N-dealkylation sites (tertiary alicyclic amines) is 1. The summed E-state index contributed by atoms with van der Waals surface area (Å²) in [6.07, 6.45) is 2.04. The van der Waals surface area contributed by atoms with Crippen LogP contribution in [0.1, 0.15) is 13.3 Å². The predicted molar refractivity (Wildman–Crippen MR) is 77.8 cm³/mol. The smallest absolute Gasteiger partial charge is 0.251 e. The van der Waals surface area contributed by atoms with Crippen LogP contribution in [0.15, 0.2) is 11.2 Å². The summed E-state index contributed by atoms with van der Waals surface area (Å²) < 4.78 is 0. The number of hydrogen-bond donors (Lipinski definition) is 2. The van der Waals surface area contributed by atoms with E-state index >= 15 is 0 Å². The Hall–Kier alpha value is -1.83. The molecule has 0 bridgehead atoms. The molecule has 1 fully saturated rings. The number of carbonyl (C=O) groups is 2. The monoisotopic (exact) mass is 295 g/mol. The molecule has 0 aliphatic carbocycles. The van der Waals surface area contributed by atoms with Crippen LogP contribution in [0.25, 0.3) is 0 Å². The molecule has 1 aliphatic rings. The number of aromatic nitrogens is 2. The number of hydrogen-bond acceptors (Lipinski definition) is 7. The summed E-state index contributed by atoms with van der Waals surface area (Å²) in [7, 11) is 1.49. The molecule has 1 atom stereocenters. The third-order valence-corrected chi connectivity index (χ3v) is 3.50. The van der Waals surface area contributed by atoms with Crippen molar-refractivity contribution in [3.63, 3.8) is 0 Å². The molecule has 0 radical (unpaired) electrons. The molecule has 2 heterocycles. The van der Waals surface area contributed by atoms with Gasteiger partial charge in [-0.25, -0.2) is 9.97 Å². The van der Waals surface area contributed by atoms with E-state index in [0.717, 1.165) is 11.4 Å². The minimum Gasteiger partial charge on any atom is -0.370 e. The van der Waals surface area contributed by atoms with E-state index in [1.807, 2.05) is 13.2 Å². The van der Waals surface area contributed by atoms with Gasteiger partial charge >= 0.3 is 0 Å². The molecular formula is C12H17N5O2S. The van der Waals surface area contributed by atoms with Crippen LogP contribution in [0, 0.1) is 0 Å². The first kappa shape index (κ1) is 14.6. The van der Waals surface area contributed by atoms with Crippen molar-refractivity contribution in [3.05, 3.63) is 6.07 Å². The number of likely N-dealkylation sites (N-methyl/N-ethyl adjacent to an activating group) is 1. The van der Waals surface area contributed by atoms with Crippen LogP contribution in [0.4, 0.5) is 11.6 Å². The maximum absolute atomic E-state index is 11.9. The third kappa shape index (κ3) is 3.01. The zero-order valence-corrected chi connectivity index (χ0v) is 12.5. The average molecular weight is 295 g/mol. The Morgan fingerprint density at radius 3 is 2.65 bits per heavy atom. The van der Waals surface area contributed by atoms with Crippen LogP contribution < -0.4 is 10.6 Å². The van der Waals surface area contributed by atoms with Gasteiger partial charge in [-0.15, -0.1) is 0 Å². The molecule has 7 nitrogen and oxygen atoms in total. The molecule has 0 saturated carbocycles. The molecule has 2 N–H and O–H groups in total. The second kappa shape index (κ2) is 6.08. The first-order valence-corrected chi connectivity index (χ1v) is 7.51. The highest BCUT2D eigenvalue weighted by molar-refractivity contribution is 7.98. The Kier molecular flexibility index (Phi) is 4.43. The number of amides is 2. The van der Waals surface area contributed by atoms with Crippen molar-refractivity contribution in [2.24, 2.45) is 0 Å². The highest BCUT2D eigenvalue weighted by Gasteiger charge is 2.36. The lowest BCUT2D eigenvalue weighted by atomic mass is 10.2. The van der Waals surface area contributed by atoms with Crippen molar-refractivity contribution in [2.45, 2.75) is 24.5 Å². The van der Waals surface area contributed by atoms with Gasteiger partial charge in [-0.3, -0.25) is 14.5 Å². The first-order chi connectivity index (χ1) is 9.55. The molecule has 0 aromatic carbocycles. The Bertz CT molecular complexity index is 537. The van der Waals surface area contributed by atoms with Crippen LogP contribution in [0.5, 0.6) is 0 Å². The van der Waals surface area contributed by atoms with Crippen molar-refractivity contribution in [1.29, 1.82) is 0 Å². The van der Waals surface area contributed by atoms with Crippen LogP contribution >= 0.6 is 11.8 Å². The summed E-state index contributed by atoms with van der Waals surface area (Å²) in [5, 5.41) is 6.73. The molecule has 2 amide bonds. The van der Waals surface area contributed by atoms with Crippen molar-refractivity contribution in [2.75, 3.05) is 30.5 Å². The van der Waals surface area contributed by atoms with Crippen LogP contribution in [0.3, 0.4) is 0 Å². The molecular weight excluding hydrogens is 278 g/mol. The average Bonchev–Trinajstić information content (AvgIpc) is 2.66. The van der Waals surface area contributed by atoms with Crippen molar-refractivity contribution >= 4 is 35.2 Å². The van der Waals surface area contributed by atoms with E-state index in [0.29, 0.717) is 16.8 Å². The van der Waals surface area contributed by atoms with Gasteiger partial charge in [-0.05, 0) is 13.2 Å². The molecule has 108 valence electrons. The van der Waals surface area contributed by atoms with E-state index in [-0.39, 0.29) is 18.2 Å². The van der Waals surface area contributed by atoms with E-state index in [1.165, 1.54) is 18.8 Å². The quantitative estimate of drug-likeness (QED) is 0.472. The van der Waals surface area contributed by atoms with Gasteiger partial charge < -0.3 is 10.6 Å². The van der Waals surface area contributed by atoms with Crippen molar-refractivity contribution in [3.8, 4) is 0 Å². The highest BCUT2D eigenvalue weighted by atomic mass is 32.2. The minimum atomic E-state index is -0.549. The van der Waals surface area contributed by atoms with Gasteiger partial charge in [0, 0.05) is 19.7 Å². The fourth-order valence-corrected chi connectivity index (χ4v) is 2.29. The molecule has 1 aliphatic heterocycles. The lowest BCUT2D eigenvalue weighted by Gasteiger charge is -2.13. The molecule has 1 aromatic heterocycles. The number of rotatable bonds is 5. The number of nitrogens with zero attached hydrogens (tertiary/aromatic N) is 3. The number of carbonyl (C=O) groups excluding carboxylic acids is 2. The maximum atomic E-state index is 11.9. The van der Waals surface area contributed by atoms with Crippen LogP contribution in [0.2, 0.25) is 0 Å². The van der Waals surface area contributed by atoms with Gasteiger partial charge in [0.05, 0.1) is 6.42 Å². The van der Waals surface area contributed by atoms with Gasteiger partial charge in [-0.1, -0.05) is 11.8 Å². The van der Waals surface area contributed by atoms with E-state index < -0.39 is 6.04 Å². The molecule has 1 aromatic rings. The number of imide groups is 1. The van der Waals surface area contributed by atoms with Gasteiger partial charge in [0.2, 0.25) is 5.91 Å². The zero-order valence-electron chi connectivity index (χ0n) is 11.6. The summed E-state index contributed by atoms with van der Waals surface area (Å²) in [6, 6.07) is 1.19. The fraction of sp³-hybridized carbons (Fsp3) is 0.500. The summed E-state index contributed by atoms with van der Waals surface area (Å²) in [5.74, 6) is 0.823. The zero-order chi connectivity index (χ0) is 14.7. The number of thioether (sulfide) groups is 1. The standard InChI is InChI=1S/C12H17N5O2S/c1-4-13-8-6-9(16-12(15-8)20-3)14-7-5-10(18)17(2)11(7)19/h6-7H,4-5H2,1-3H3,(H2,13,14,15,16). The van der Waals surface area contributed by atoms with Gasteiger partial charge in [-0.2, -0.15) is 0 Å². The molecule has 20 heavy (non-hydrogen) atoms. The van der Waals surface area contributed by atoms with Crippen LogP contribution in [-0.2, 0) is 9.59 Å². The predicted octanol–water partition coefficient (Wildman–Crippen LogP) is 0.799. The third-order valence-electron chi connectivity index (χ3n) is 2.95. The Balaban J connectivity index is 2.18. The Morgan fingerprint density at radius 2 is 2.10 bits per heavy atom. The summed E-state index contributed by atoms with van der Waals surface area (Å²) in [6.45, 7) is 2.72. The second-order valence-electron chi connectivity index (χ2n) is 4.35. The molecule has 1 saturated heterocycles. The Morgan fingerprint density at radius 1 is 1.40 bits per heavy atom. The summed E-state index contributed by atoms with van der Waals surface area (Å²) in [4.78, 5) is 33.1. The fourth-order valence-electron chi connectivity index (χ4n) is 1.91. The highest BCUT2D eigenvalue weighted by Crippen LogP contribution is 2.20. The second-order valence-corrected chi connectivity index (χ2v) is 5.12. The van der Waals surface area contributed by atoms with E-state index in [4.69, 9.17) is 0 Å². The normalized spacial score (nSPS) is 18.6. The van der Waals surface area contributed by atoms with Gasteiger partial charge in [0.15, 0.2) is 5.16 Å². The van der Waals surface area contributed by atoms with Crippen molar-refractivity contribution < 1.29 is 9.59 Å². The molecule has 0 spiro atoms. The Labute approximate surface area is 121 Å². The van der Waals surface area contributed by atoms with E-state index in [1.54, 1.807) is 6.07 Å². The van der Waals surface area contributed by atoms with Gasteiger partial charge in [0.25, 0.3) is 5.91 Å². The number of nitrogens with one attached hydrogen (secondary N) is 2. The number of anilines is 2. The summed E-state index contributed by atoms with van der Waals surface area (Å²) >= 11 is 1.42. The van der Waals surface area contributed by atoms with Crippen molar-refractivity contribution in [1.82, 2.24) is 14.9 Å². The molecule has 8 heteroatoms. The lowest BCUT2D eigenvalue weighted by molar-refractivity contribution is -0.136. The molecule has 1 unspecified atom stereocenters. The largest absolute Gasteiger partial charge is 0.370 e. The lowest BCUT2D eigenvalue weighted by Crippen LogP contribution is -2.32. The maximum Gasteiger partial charge on any atom is 0.251 e. The molecule has 2 rings (SSSR count). The first-order valence-electron chi connectivity index (χ1n) is 6.29. The van der Waals surface area contributed by atoms with E-state index in [2.05, 4.69) is 20.6 Å². The minimum absolute atomic E-state index is 0.157. The van der Waals surface area contributed by atoms with Gasteiger partial charge in [0.1, 0.15) is 17.7 Å².